The molecule has 2 N–H and O–H groups in total. The fourth-order valence-electron chi connectivity index (χ4n) is 2.67. The molecule has 0 radical (unpaired) electrons. The zero-order chi connectivity index (χ0) is 14.7. The predicted octanol–water partition coefficient (Wildman–Crippen LogP) is 1.97. The second-order valence-electron chi connectivity index (χ2n) is 5.42. The van der Waals surface area contributed by atoms with E-state index in [-0.39, 0.29) is 18.0 Å². The molecule has 0 saturated heterocycles. The Bertz CT molecular complexity index is 627. The molecule has 0 bridgehead atoms. The first-order valence-electron chi connectivity index (χ1n) is 7.24. The van der Waals surface area contributed by atoms with Gasteiger partial charge < -0.3 is 10.6 Å². The summed E-state index contributed by atoms with van der Waals surface area (Å²) in [5.41, 5.74) is 3.55. The summed E-state index contributed by atoms with van der Waals surface area (Å²) in [6, 6.07) is 11.9. The Kier molecular flexibility index (Phi) is 3.97. The molecular formula is C17H19N3O. The zero-order valence-corrected chi connectivity index (χ0v) is 12.0. The van der Waals surface area contributed by atoms with Gasteiger partial charge in [-0.25, -0.2) is 0 Å². The fraction of sp³-hybridized carbons (Fsp3) is 0.294. The van der Waals surface area contributed by atoms with Gasteiger partial charge in [0.25, 0.3) is 0 Å². The molecule has 108 valence electrons. The first kappa shape index (κ1) is 13.8. The molecule has 0 spiro atoms. The second-order valence-corrected chi connectivity index (χ2v) is 5.42. The van der Waals surface area contributed by atoms with Gasteiger partial charge in [-0.3, -0.25) is 9.78 Å². The molecule has 1 aromatic carbocycles. The van der Waals surface area contributed by atoms with Crippen molar-refractivity contribution in [1.82, 2.24) is 15.6 Å². The van der Waals surface area contributed by atoms with E-state index in [0.717, 1.165) is 18.5 Å². The maximum atomic E-state index is 12.4. The van der Waals surface area contributed by atoms with Crippen molar-refractivity contribution in [2.24, 2.45) is 0 Å². The van der Waals surface area contributed by atoms with Crippen LogP contribution in [0.4, 0.5) is 0 Å². The number of carbonyl (C=O) groups is 1. The maximum absolute atomic E-state index is 12.4. The summed E-state index contributed by atoms with van der Waals surface area (Å²) in [6.07, 6.45) is 4.26. The summed E-state index contributed by atoms with van der Waals surface area (Å²) in [5, 5.41) is 6.36. The lowest BCUT2D eigenvalue weighted by atomic mass is 9.95. The lowest BCUT2D eigenvalue weighted by molar-refractivity contribution is -0.124. The van der Waals surface area contributed by atoms with Crippen molar-refractivity contribution in [2.75, 3.05) is 0 Å². The number of pyridine rings is 1. The molecule has 2 aromatic rings. The SMILES string of the molecule is C[C@@H](NC(=O)[C@@H]1Cc2ccccc2CN1)c1cccnc1. The monoisotopic (exact) mass is 281 g/mol. The third kappa shape index (κ3) is 3.11. The first-order valence-corrected chi connectivity index (χ1v) is 7.24. The van der Waals surface area contributed by atoms with Crippen LogP contribution in [0, 0.1) is 0 Å². The van der Waals surface area contributed by atoms with Gasteiger partial charge in [-0.2, -0.15) is 0 Å². The van der Waals surface area contributed by atoms with Gasteiger partial charge in [0.1, 0.15) is 0 Å². The van der Waals surface area contributed by atoms with Crippen LogP contribution in [0.2, 0.25) is 0 Å². The molecule has 21 heavy (non-hydrogen) atoms. The topological polar surface area (TPSA) is 54.0 Å². The number of benzene rings is 1. The van der Waals surface area contributed by atoms with Crippen LogP contribution < -0.4 is 10.6 Å². The molecule has 0 unspecified atom stereocenters. The van der Waals surface area contributed by atoms with E-state index in [4.69, 9.17) is 0 Å². The standard InChI is InChI=1S/C17H19N3O/c1-12(14-7-4-8-18-10-14)20-17(21)16-9-13-5-2-3-6-15(13)11-19-16/h2-8,10,12,16,19H,9,11H2,1H3,(H,20,21)/t12-,16+/m1/s1. The molecule has 0 aliphatic carbocycles. The molecule has 4 heteroatoms. The highest BCUT2D eigenvalue weighted by Crippen LogP contribution is 2.17. The van der Waals surface area contributed by atoms with E-state index in [1.165, 1.54) is 11.1 Å². The van der Waals surface area contributed by atoms with Crippen LogP contribution >= 0.6 is 0 Å². The van der Waals surface area contributed by atoms with Gasteiger partial charge in [0.15, 0.2) is 0 Å². The number of hydrogen-bond acceptors (Lipinski definition) is 3. The Labute approximate surface area is 124 Å². The molecule has 0 fully saturated rings. The van der Waals surface area contributed by atoms with Gasteiger partial charge in [0.05, 0.1) is 12.1 Å². The molecule has 0 saturated carbocycles. The quantitative estimate of drug-likeness (QED) is 0.904. The van der Waals surface area contributed by atoms with Crippen molar-refractivity contribution in [3.63, 3.8) is 0 Å². The Morgan fingerprint density at radius 2 is 2.10 bits per heavy atom. The van der Waals surface area contributed by atoms with E-state index in [2.05, 4.69) is 27.8 Å². The zero-order valence-electron chi connectivity index (χ0n) is 12.0. The molecule has 1 aliphatic rings. The lowest BCUT2D eigenvalue weighted by Gasteiger charge is -2.26. The van der Waals surface area contributed by atoms with Crippen LogP contribution in [-0.4, -0.2) is 16.9 Å². The summed E-state index contributed by atoms with van der Waals surface area (Å²) >= 11 is 0. The lowest BCUT2D eigenvalue weighted by Crippen LogP contribution is -2.48. The minimum atomic E-state index is -0.168. The highest BCUT2D eigenvalue weighted by Gasteiger charge is 2.24. The van der Waals surface area contributed by atoms with Crippen molar-refractivity contribution in [3.05, 3.63) is 65.5 Å². The van der Waals surface area contributed by atoms with Gasteiger partial charge in [0.2, 0.25) is 5.91 Å². The summed E-state index contributed by atoms with van der Waals surface area (Å²) in [5.74, 6) is 0.0425. The van der Waals surface area contributed by atoms with E-state index in [0.29, 0.717) is 0 Å². The Balaban J connectivity index is 1.65. The van der Waals surface area contributed by atoms with Crippen LogP contribution in [0.15, 0.2) is 48.8 Å². The second kappa shape index (κ2) is 6.06. The number of amides is 1. The third-order valence-corrected chi connectivity index (χ3v) is 3.94. The van der Waals surface area contributed by atoms with Crippen molar-refractivity contribution in [3.8, 4) is 0 Å². The highest BCUT2D eigenvalue weighted by molar-refractivity contribution is 5.82. The molecule has 4 nitrogen and oxygen atoms in total. The molecule has 3 rings (SSSR count). The van der Waals surface area contributed by atoms with E-state index in [9.17, 15) is 4.79 Å². The number of fused-ring (bicyclic) bond motifs is 1. The van der Waals surface area contributed by atoms with Crippen molar-refractivity contribution >= 4 is 5.91 Å². The number of hydrogen-bond donors (Lipinski definition) is 2. The minimum absolute atomic E-state index is 0.0369. The summed E-state index contributed by atoms with van der Waals surface area (Å²) in [6.45, 7) is 2.72. The van der Waals surface area contributed by atoms with Crippen LogP contribution in [-0.2, 0) is 17.8 Å². The normalized spacial score (nSPS) is 18.6. The van der Waals surface area contributed by atoms with Crippen molar-refractivity contribution in [1.29, 1.82) is 0 Å². The van der Waals surface area contributed by atoms with Crippen LogP contribution in [0.3, 0.4) is 0 Å². The number of rotatable bonds is 3. The van der Waals surface area contributed by atoms with Crippen LogP contribution in [0.25, 0.3) is 0 Å². The van der Waals surface area contributed by atoms with E-state index < -0.39 is 0 Å². The van der Waals surface area contributed by atoms with Crippen LogP contribution in [0.1, 0.15) is 29.7 Å². The smallest absolute Gasteiger partial charge is 0.237 e. The summed E-state index contributed by atoms with van der Waals surface area (Å²) in [7, 11) is 0. The Morgan fingerprint density at radius 3 is 2.86 bits per heavy atom. The molecule has 1 aromatic heterocycles. The molecule has 2 heterocycles. The van der Waals surface area contributed by atoms with E-state index >= 15 is 0 Å². The average molecular weight is 281 g/mol. The van der Waals surface area contributed by atoms with Gasteiger partial charge >= 0.3 is 0 Å². The van der Waals surface area contributed by atoms with E-state index in [1.807, 2.05) is 31.2 Å². The Morgan fingerprint density at radius 1 is 1.29 bits per heavy atom. The van der Waals surface area contributed by atoms with E-state index in [1.54, 1.807) is 12.4 Å². The third-order valence-electron chi connectivity index (χ3n) is 3.94. The van der Waals surface area contributed by atoms with Gasteiger partial charge in [-0.05, 0) is 36.1 Å². The van der Waals surface area contributed by atoms with Gasteiger partial charge in [0, 0.05) is 18.9 Å². The maximum Gasteiger partial charge on any atom is 0.237 e. The minimum Gasteiger partial charge on any atom is -0.348 e. The highest BCUT2D eigenvalue weighted by atomic mass is 16.2. The number of carbonyl (C=O) groups excluding carboxylic acids is 1. The number of aromatic nitrogens is 1. The van der Waals surface area contributed by atoms with Gasteiger partial charge in [-0.15, -0.1) is 0 Å². The molecular weight excluding hydrogens is 262 g/mol. The Hall–Kier alpha value is -2.20. The van der Waals surface area contributed by atoms with Crippen molar-refractivity contribution in [2.45, 2.75) is 32.0 Å². The largest absolute Gasteiger partial charge is 0.348 e. The summed E-state index contributed by atoms with van der Waals surface area (Å²) < 4.78 is 0. The fourth-order valence-corrected chi connectivity index (χ4v) is 2.67. The van der Waals surface area contributed by atoms with Crippen LogP contribution in [0.5, 0.6) is 0 Å². The first-order chi connectivity index (χ1) is 10.2. The van der Waals surface area contributed by atoms with Gasteiger partial charge in [-0.1, -0.05) is 30.3 Å². The van der Waals surface area contributed by atoms with Crippen molar-refractivity contribution < 1.29 is 4.79 Å². The predicted molar refractivity (Wildman–Crippen MR) is 81.6 cm³/mol. The summed E-state index contributed by atoms with van der Waals surface area (Å²) in [4.78, 5) is 16.5. The number of nitrogens with zero attached hydrogens (tertiary/aromatic N) is 1. The average Bonchev–Trinajstić information content (AvgIpc) is 2.55. The molecule has 2 atom stereocenters. The molecule has 1 amide bonds. The number of nitrogens with one attached hydrogen (secondary N) is 2. The molecule has 1 aliphatic heterocycles.